The largest absolute Gasteiger partial charge is 0.481 e. The molecule has 0 saturated heterocycles. The van der Waals surface area contributed by atoms with Gasteiger partial charge in [0, 0.05) is 31.3 Å². The van der Waals surface area contributed by atoms with Crippen LogP contribution in [-0.4, -0.2) is 29.4 Å². The van der Waals surface area contributed by atoms with Crippen LogP contribution in [-0.2, 0) is 20.8 Å². The number of amides is 2. The van der Waals surface area contributed by atoms with E-state index in [1.165, 1.54) is 0 Å². The summed E-state index contributed by atoms with van der Waals surface area (Å²) in [6, 6.07) is 5.51. The van der Waals surface area contributed by atoms with Crippen molar-refractivity contribution in [1.29, 1.82) is 0 Å². The molecule has 1 aliphatic heterocycles. The highest BCUT2D eigenvalue weighted by Gasteiger charge is 2.40. The van der Waals surface area contributed by atoms with E-state index in [0.717, 1.165) is 43.4 Å². The first-order valence-electron chi connectivity index (χ1n) is 9.36. The van der Waals surface area contributed by atoms with Crippen molar-refractivity contribution < 1.29 is 19.5 Å². The van der Waals surface area contributed by atoms with E-state index in [1.807, 2.05) is 12.1 Å². The van der Waals surface area contributed by atoms with E-state index in [9.17, 15) is 19.5 Å². The van der Waals surface area contributed by atoms with Crippen molar-refractivity contribution in [2.24, 2.45) is 5.41 Å². The SMILES string of the molecule is CC(=O)N1CCc2cc(NC(=O)CC3(C(=O)O)CCCCCC3)ccc21. The number of carboxylic acids is 1. The Morgan fingerprint density at radius 1 is 1.15 bits per heavy atom. The highest BCUT2D eigenvalue weighted by Crippen LogP contribution is 2.39. The molecule has 1 saturated carbocycles. The molecular formula is C20H26N2O4. The van der Waals surface area contributed by atoms with Gasteiger partial charge in [0.25, 0.3) is 0 Å². The minimum absolute atomic E-state index is 0.0114. The molecule has 6 heteroatoms. The number of hydrogen-bond acceptors (Lipinski definition) is 3. The Hall–Kier alpha value is -2.37. The van der Waals surface area contributed by atoms with Crippen molar-refractivity contribution in [1.82, 2.24) is 0 Å². The molecule has 1 fully saturated rings. The zero-order chi connectivity index (χ0) is 18.7. The van der Waals surface area contributed by atoms with Gasteiger partial charge in [0.1, 0.15) is 0 Å². The van der Waals surface area contributed by atoms with E-state index in [4.69, 9.17) is 0 Å². The van der Waals surface area contributed by atoms with Gasteiger partial charge < -0.3 is 15.3 Å². The Labute approximate surface area is 153 Å². The van der Waals surface area contributed by atoms with Crippen LogP contribution in [0, 0.1) is 5.41 Å². The number of hydrogen-bond donors (Lipinski definition) is 2. The van der Waals surface area contributed by atoms with E-state index in [1.54, 1.807) is 17.9 Å². The molecule has 1 heterocycles. The van der Waals surface area contributed by atoms with E-state index < -0.39 is 11.4 Å². The predicted octanol–water partition coefficient (Wildman–Crippen LogP) is 3.35. The molecule has 0 radical (unpaired) electrons. The lowest BCUT2D eigenvalue weighted by molar-refractivity contribution is -0.152. The van der Waals surface area contributed by atoms with Gasteiger partial charge in [-0.05, 0) is 43.0 Å². The van der Waals surface area contributed by atoms with Crippen molar-refractivity contribution in [2.45, 2.75) is 58.3 Å². The summed E-state index contributed by atoms with van der Waals surface area (Å²) < 4.78 is 0. The Morgan fingerprint density at radius 3 is 2.46 bits per heavy atom. The van der Waals surface area contributed by atoms with Gasteiger partial charge in [-0.15, -0.1) is 0 Å². The van der Waals surface area contributed by atoms with Gasteiger partial charge in [-0.3, -0.25) is 14.4 Å². The first kappa shape index (κ1) is 18.4. The fourth-order valence-electron chi connectivity index (χ4n) is 4.19. The first-order chi connectivity index (χ1) is 12.4. The van der Waals surface area contributed by atoms with Crippen molar-refractivity contribution in [3.8, 4) is 0 Å². The Kier molecular flexibility index (Phi) is 5.30. The van der Waals surface area contributed by atoms with Crippen LogP contribution in [0.5, 0.6) is 0 Å². The van der Waals surface area contributed by atoms with Crippen molar-refractivity contribution >= 4 is 29.2 Å². The normalized spacial score (nSPS) is 18.7. The predicted molar refractivity (Wildman–Crippen MR) is 99.2 cm³/mol. The Balaban J connectivity index is 1.70. The number of nitrogens with one attached hydrogen (secondary N) is 1. The number of aliphatic carboxylic acids is 1. The number of rotatable bonds is 4. The summed E-state index contributed by atoms with van der Waals surface area (Å²) in [6.07, 6.45) is 5.69. The second-order valence-corrected chi connectivity index (χ2v) is 7.49. The maximum absolute atomic E-state index is 12.5. The number of carbonyl (C=O) groups is 3. The molecule has 0 spiro atoms. The van der Waals surface area contributed by atoms with Gasteiger partial charge in [0.05, 0.1) is 5.41 Å². The van der Waals surface area contributed by atoms with Crippen LogP contribution in [0.3, 0.4) is 0 Å². The maximum atomic E-state index is 12.5. The van der Waals surface area contributed by atoms with Crippen LogP contribution in [0.4, 0.5) is 11.4 Å². The fourth-order valence-corrected chi connectivity index (χ4v) is 4.19. The van der Waals surface area contributed by atoms with E-state index in [2.05, 4.69) is 5.32 Å². The molecule has 0 aromatic heterocycles. The smallest absolute Gasteiger partial charge is 0.310 e. The standard InChI is InChI=1S/C20H26N2O4/c1-14(23)22-11-8-15-12-16(6-7-17(15)22)21-18(24)13-20(19(25)26)9-4-2-3-5-10-20/h6-7,12H,2-5,8-11,13H2,1H3,(H,21,24)(H,25,26). The number of fused-ring (bicyclic) bond motifs is 1. The van der Waals surface area contributed by atoms with Crippen LogP contribution in [0.1, 0.15) is 57.4 Å². The second-order valence-electron chi connectivity index (χ2n) is 7.49. The number of nitrogens with zero attached hydrogens (tertiary/aromatic N) is 1. The monoisotopic (exact) mass is 358 g/mol. The van der Waals surface area contributed by atoms with Gasteiger partial charge in [0.15, 0.2) is 0 Å². The fraction of sp³-hybridized carbons (Fsp3) is 0.550. The molecule has 3 rings (SSSR count). The Bertz CT molecular complexity index is 721. The third kappa shape index (κ3) is 3.74. The zero-order valence-electron chi connectivity index (χ0n) is 15.2. The van der Waals surface area contributed by atoms with E-state index in [0.29, 0.717) is 25.1 Å². The number of carboxylic acid groups (broad SMARTS) is 1. The lowest BCUT2D eigenvalue weighted by atomic mass is 9.77. The molecular weight excluding hydrogens is 332 g/mol. The number of carbonyl (C=O) groups excluding carboxylic acids is 2. The van der Waals surface area contributed by atoms with Gasteiger partial charge in [-0.1, -0.05) is 25.7 Å². The number of anilines is 2. The lowest BCUT2D eigenvalue weighted by Gasteiger charge is -2.27. The van der Waals surface area contributed by atoms with Crippen LogP contribution in [0.15, 0.2) is 18.2 Å². The molecule has 2 aliphatic rings. The highest BCUT2D eigenvalue weighted by molar-refractivity contribution is 5.96. The van der Waals surface area contributed by atoms with Gasteiger partial charge >= 0.3 is 5.97 Å². The molecule has 6 nitrogen and oxygen atoms in total. The maximum Gasteiger partial charge on any atom is 0.310 e. The minimum atomic E-state index is -0.942. The first-order valence-corrected chi connectivity index (χ1v) is 9.36. The molecule has 1 aromatic rings. The van der Waals surface area contributed by atoms with Gasteiger partial charge in [0.2, 0.25) is 11.8 Å². The van der Waals surface area contributed by atoms with Crippen molar-refractivity contribution in [3.63, 3.8) is 0 Å². The summed E-state index contributed by atoms with van der Waals surface area (Å²) in [6.45, 7) is 2.20. The highest BCUT2D eigenvalue weighted by atomic mass is 16.4. The quantitative estimate of drug-likeness (QED) is 0.808. The summed E-state index contributed by atoms with van der Waals surface area (Å²) in [5.41, 5.74) is 1.64. The van der Waals surface area contributed by atoms with Crippen molar-refractivity contribution in [2.75, 3.05) is 16.8 Å². The van der Waals surface area contributed by atoms with E-state index in [-0.39, 0.29) is 18.2 Å². The molecule has 1 aliphatic carbocycles. The van der Waals surface area contributed by atoms with Gasteiger partial charge in [-0.2, -0.15) is 0 Å². The zero-order valence-corrected chi connectivity index (χ0v) is 15.2. The lowest BCUT2D eigenvalue weighted by Crippen LogP contribution is -2.35. The average molecular weight is 358 g/mol. The molecule has 0 unspecified atom stereocenters. The van der Waals surface area contributed by atoms with E-state index >= 15 is 0 Å². The third-order valence-electron chi connectivity index (χ3n) is 5.65. The second kappa shape index (κ2) is 7.48. The molecule has 26 heavy (non-hydrogen) atoms. The summed E-state index contributed by atoms with van der Waals surface area (Å²) in [5, 5.41) is 12.6. The molecule has 140 valence electrons. The number of benzene rings is 1. The third-order valence-corrected chi connectivity index (χ3v) is 5.65. The molecule has 0 bridgehead atoms. The summed E-state index contributed by atoms with van der Waals surface area (Å²) in [4.78, 5) is 37.7. The van der Waals surface area contributed by atoms with Crippen LogP contribution in [0.2, 0.25) is 0 Å². The van der Waals surface area contributed by atoms with Crippen LogP contribution >= 0.6 is 0 Å². The molecule has 2 amide bonds. The van der Waals surface area contributed by atoms with Gasteiger partial charge in [-0.25, -0.2) is 0 Å². The molecule has 0 atom stereocenters. The van der Waals surface area contributed by atoms with Crippen molar-refractivity contribution in [3.05, 3.63) is 23.8 Å². The summed E-state index contributed by atoms with van der Waals surface area (Å²) in [7, 11) is 0. The topological polar surface area (TPSA) is 86.7 Å². The Morgan fingerprint density at radius 2 is 1.85 bits per heavy atom. The average Bonchev–Trinajstić information content (AvgIpc) is 2.86. The van der Waals surface area contributed by atoms with Crippen LogP contribution in [0.25, 0.3) is 0 Å². The molecule has 2 N–H and O–H groups in total. The summed E-state index contributed by atoms with van der Waals surface area (Å²) in [5.74, 6) is -1.10. The molecule has 1 aromatic carbocycles. The van der Waals surface area contributed by atoms with Crippen LogP contribution < -0.4 is 10.2 Å². The summed E-state index contributed by atoms with van der Waals surface area (Å²) >= 11 is 0. The minimum Gasteiger partial charge on any atom is -0.481 e.